The van der Waals surface area contributed by atoms with E-state index in [1.54, 1.807) is 18.3 Å². The zero-order valence-corrected chi connectivity index (χ0v) is 12.1. The average molecular weight is 297 g/mol. The number of hydrogen-bond acceptors (Lipinski definition) is 3. The van der Waals surface area contributed by atoms with Crippen LogP contribution in [0.3, 0.4) is 0 Å². The van der Waals surface area contributed by atoms with Gasteiger partial charge in [-0.25, -0.2) is 14.4 Å². The van der Waals surface area contributed by atoms with Crippen molar-refractivity contribution in [2.45, 2.75) is 12.8 Å². The van der Waals surface area contributed by atoms with Gasteiger partial charge < -0.3 is 4.74 Å². The first-order valence-electron chi connectivity index (χ1n) is 7.47. The number of imidazole rings is 1. The lowest BCUT2D eigenvalue weighted by atomic mass is 10.0. The lowest BCUT2D eigenvalue weighted by molar-refractivity contribution is 0.185. The molecule has 0 saturated carbocycles. The fourth-order valence-corrected chi connectivity index (χ4v) is 2.96. The van der Waals surface area contributed by atoms with E-state index in [4.69, 9.17) is 9.72 Å². The van der Waals surface area contributed by atoms with Gasteiger partial charge in [0.25, 0.3) is 0 Å². The Morgan fingerprint density at radius 1 is 1.23 bits per heavy atom. The third-order valence-corrected chi connectivity index (χ3v) is 4.07. The molecule has 112 valence electrons. The van der Waals surface area contributed by atoms with Gasteiger partial charge in [-0.2, -0.15) is 0 Å². The summed E-state index contributed by atoms with van der Waals surface area (Å²) < 4.78 is 20.7. The van der Waals surface area contributed by atoms with E-state index >= 15 is 0 Å². The van der Waals surface area contributed by atoms with E-state index in [9.17, 15) is 4.39 Å². The van der Waals surface area contributed by atoms with Gasteiger partial charge in [-0.1, -0.05) is 0 Å². The molecule has 1 aromatic carbocycles. The molecule has 3 heterocycles. The minimum atomic E-state index is -0.244. The predicted molar refractivity (Wildman–Crippen MR) is 81.5 cm³/mol. The van der Waals surface area contributed by atoms with Crippen molar-refractivity contribution < 1.29 is 9.13 Å². The highest BCUT2D eigenvalue weighted by Crippen LogP contribution is 2.24. The molecule has 5 heteroatoms. The second-order valence-electron chi connectivity index (χ2n) is 5.62. The molecular formula is C17H16FN3O. The molecule has 2 aromatic heterocycles. The summed E-state index contributed by atoms with van der Waals surface area (Å²) in [6.07, 6.45) is 3.65. The van der Waals surface area contributed by atoms with Crippen molar-refractivity contribution in [3.8, 4) is 5.69 Å². The second kappa shape index (κ2) is 5.50. The highest BCUT2D eigenvalue weighted by molar-refractivity contribution is 5.73. The molecule has 4 rings (SSSR count). The molecule has 22 heavy (non-hydrogen) atoms. The fourth-order valence-electron chi connectivity index (χ4n) is 2.96. The minimum absolute atomic E-state index is 0.244. The summed E-state index contributed by atoms with van der Waals surface area (Å²) >= 11 is 0. The SMILES string of the molecule is Fc1ccc(-n2c(CC3CCOC3)nc3cccnc32)cc1. The number of ether oxygens (including phenoxy) is 1. The third-order valence-electron chi connectivity index (χ3n) is 4.07. The molecule has 3 aromatic rings. The summed E-state index contributed by atoms with van der Waals surface area (Å²) in [4.78, 5) is 9.18. The van der Waals surface area contributed by atoms with E-state index < -0.39 is 0 Å². The molecule has 0 radical (unpaired) electrons. The quantitative estimate of drug-likeness (QED) is 0.745. The Bertz CT molecular complexity index is 791. The maximum Gasteiger partial charge on any atom is 0.164 e. The van der Waals surface area contributed by atoms with Crippen LogP contribution in [-0.2, 0) is 11.2 Å². The van der Waals surface area contributed by atoms with Crippen molar-refractivity contribution in [3.05, 3.63) is 54.2 Å². The van der Waals surface area contributed by atoms with E-state index in [-0.39, 0.29) is 5.82 Å². The molecule has 4 nitrogen and oxygen atoms in total. The first-order chi connectivity index (χ1) is 10.8. The van der Waals surface area contributed by atoms with Crippen LogP contribution < -0.4 is 0 Å². The third kappa shape index (κ3) is 2.37. The summed E-state index contributed by atoms with van der Waals surface area (Å²) in [5.41, 5.74) is 2.56. The van der Waals surface area contributed by atoms with Gasteiger partial charge in [0.1, 0.15) is 17.2 Å². The van der Waals surface area contributed by atoms with Crippen molar-refractivity contribution >= 4 is 11.2 Å². The number of pyridine rings is 1. The Morgan fingerprint density at radius 3 is 2.86 bits per heavy atom. The molecule has 1 unspecified atom stereocenters. The summed E-state index contributed by atoms with van der Waals surface area (Å²) in [7, 11) is 0. The van der Waals surface area contributed by atoms with Crippen LogP contribution in [0.4, 0.5) is 4.39 Å². The predicted octanol–water partition coefficient (Wildman–Crippen LogP) is 3.14. The number of nitrogens with zero attached hydrogens (tertiary/aromatic N) is 3. The fraction of sp³-hybridized carbons (Fsp3) is 0.294. The van der Waals surface area contributed by atoms with Crippen molar-refractivity contribution in [1.29, 1.82) is 0 Å². The molecule has 1 saturated heterocycles. The topological polar surface area (TPSA) is 39.9 Å². The van der Waals surface area contributed by atoms with Gasteiger partial charge in [0.05, 0.1) is 0 Å². The van der Waals surface area contributed by atoms with Gasteiger partial charge in [-0.3, -0.25) is 4.57 Å². The highest BCUT2D eigenvalue weighted by atomic mass is 19.1. The van der Waals surface area contributed by atoms with E-state index in [0.29, 0.717) is 5.92 Å². The number of hydrogen-bond donors (Lipinski definition) is 0. The second-order valence-corrected chi connectivity index (χ2v) is 5.62. The van der Waals surface area contributed by atoms with Crippen molar-refractivity contribution in [2.75, 3.05) is 13.2 Å². The van der Waals surface area contributed by atoms with E-state index in [1.807, 2.05) is 16.7 Å². The standard InChI is InChI=1S/C17H16FN3O/c18-13-3-5-14(6-4-13)21-16(10-12-7-9-22-11-12)20-15-2-1-8-19-17(15)21/h1-6,8,12H,7,9-11H2. The lowest BCUT2D eigenvalue weighted by Crippen LogP contribution is -2.10. The van der Waals surface area contributed by atoms with Crippen molar-refractivity contribution in [3.63, 3.8) is 0 Å². The number of aromatic nitrogens is 3. The largest absolute Gasteiger partial charge is 0.381 e. The molecule has 0 bridgehead atoms. The van der Waals surface area contributed by atoms with Crippen molar-refractivity contribution in [1.82, 2.24) is 14.5 Å². The first kappa shape index (κ1) is 13.4. The lowest BCUT2D eigenvalue weighted by Gasteiger charge is -2.11. The maximum absolute atomic E-state index is 13.2. The molecule has 1 fully saturated rings. The minimum Gasteiger partial charge on any atom is -0.381 e. The Labute approximate surface area is 127 Å². The van der Waals surface area contributed by atoms with Crippen LogP contribution in [0.5, 0.6) is 0 Å². The summed E-state index contributed by atoms with van der Waals surface area (Å²) in [6.45, 7) is 1.60. The molecule has 0 amide bonds. The highest BCUT2D eigenvalue weighted by Gasteiger charge is 2.21. The Kier molecular flexibility index (Phi) is 3.35. The Balaban J connectivity index is 1.83. The van der Waals surface area contributed by atoms with Gasteiger partial charge in [0, 0.05) is 31.5 Å². The molecular weight excluding hydrogens is 281 g/mol. The van der Waals surface area contributed by atoms with E-state index in [1.165, 1.54) is 12.1 Å². The monoisotopic (exact) mass is 297 g/mol. The van der Waals surface area contributed by atoms with Crippen LogP contribution in [-0.4, -0.2) is 27.7 Å². The number of benzene rings is 1. The number of halogens is 1. The number of fused-ring (bicyclic) bond motifs is 1. The smallest absolute Gasteiger partial charge is 0.164 e. The van der Waals surface area contributed by atoms with Gasteiger partial charge in [0.2, 0.25) is 0 Å². The van der Waals surface area contributed by atoms with Crippen LogP contribution in [0.15, 0.2) is 42.6 Å². The Morgan fingerprint density at radius 2 is 2.09 bits per heavy atom. The van der Waals surface area contributed by atoms with Crippen LogP contribution in [0, 0.1) is 11.7 Å². The molecule has 0 spiro atoms. The summed E-state index contributed by atoms with van der Waals surface area (Å²) in [5, 5.41) is 0. The summed E-state index contributed by atoms with van der Waals surface area (Å²) in [6, 6.07) is 10.3. The van der Waals surface area contributed by atoms with Crippen LogP contribution in [0.2, 0.25) is 0 Å². The van der Waals surface area contributed by atoms with E-state index in [0.717, 1.165) is 48.7 Å². The normalized spacial score (nSPS) is 18.1. The van der Waals surface area contributed by atoms with E-state index in [2.05, 4.69) is 4.98 Å². The molecule has 1 aliphatic rings. The van der Waals surface area contributed by atoms with Crippen molar-refractivity contribution in [2.24, 2.45) is 5.92 Å². The van der Waals surface area contributed by atoms with Gasteiger partial charge in [-0.15, -0.1) is 0 Å². The molecule has 1 aliphatic heterocycles. The maximum atomic E-state index is 13.2. The zero-order chi connectivity index (χ0) is 14.9. The first-order valence-corrected chi connectivity index (χ1v) is 7.47. The van der Waals surface area contributed by atoms with Gasteiger partial charge >= 0.3 is 0 Å². The molecule has 0 N–H and O–H groups in total. The van der Waals surface area contributed by atoms with Gasteiger partial charge in [-0.05, 0) is 48.7 Å². The number of rotatable bonds is 3. The van der Waals surface area contributed by atoms with Crippen LogP contribution >= 0.6 is 0 Å². The molecule has 0 aliphatic carbocycles. The van der Waals surface area contributed by atoms with Crippen LogP contribution in [0.25, 0.3) is 16.9 Å². The zero-order valence-electron chi connectivity index (χ0n) is 12.1. The van der Waals surface area contributed by atoms with Gasteiger partial charge in [0.15, 0.2) is 5.65 Å². The molecule has 1 atom stereocenters. The summed E-state index contributed by atoms with van der Waals surface area (Å²) in [5.74, 6) is 1.19. The average Bonchev–Trinajstić information content (AvgIpc) is 3.16. The Hall–Kier alpha value is -2.27. The van der Waals surface area contributed by atoms with Crippen LogP contribution in [0.1, 0.15) is 12.2 Å².